The molecule has 622 valence electrons. The van der Waals surface area contributed by atoms with Gasteiger partial charge in [0.15, 0.2) is 52.4 Å². The van der Waals surface area contributed by atoms with Crippen molar-refractivity contribution in [2.45, 2.75) is 0 Å². The van der Waals surface area contributed by atoms with E-state index in [1.54, 1.807) is 0 Å². The Bertz CT molecular complexity index is 8850. The van der Waals surface area contributed by atoms with Gasteiger partial charge in [-0.1, -0.05) is 382 Å². The van der Waals surface area contributed by atoms with Crippen molar-refractivity contribution in [2.75, 3.05) is 0 Å². The van der Waals surface area contributed by atoms with Crippen molar-refractivity contribution in [3.05, 3.63) is 455 Å². The van der Waals surface area contributed by atoms with E-state index in [4.69, 9.17) is 58.1 Å². The fourth-order valence-corrected chi connectivity index (χ4v) is 18.1. The van der Waals surface area contributed by atoms with E-state index in [9.17, 15) is 0 Å². The lowest BCUT2D eigenvalue weighted by Gasteiger charge is -2.13. The summed E-state index contributed by atoms with van der Waals surface area (Å²) in [7, 11) is 0. The minimum atomic E-state index is 0.634. The van der Waals surface area contributed by atoms with E-state index < -0.39 is 0 Å². The molecule has 0 radical (unpaired) electrons. The second-order valence-electron chi connectivity index (χ2n) is 33.0. The van der Waals surface area contributed by atoms with Crippen molar-refractivity contribution in [1.29, 1.82) is 0 Å². The van der Waals surface area contributed by atoms with Gasteiger partial charge in [-0.3, -0.25) is 0 Å². The molecule has 26 rings (SSSR count). The lowest BCUT2D eigenvalue weighted by molar-refractivity contribution is 0.668. The van der Waals surface area contributed by atoms with E-state index in [1.165, 1.54) is 21.7 Å². The number of hydrogen-bond acceptors (Lipinski definition) is 12. The normalized spacial score (nSPS) is 11.5. The predicted octanol–water partition coefficient (Wildman–Crippen LogP) is 31.6. The van der Waals surface area contributed by atoms with Crippen molar-refractivity contribution in [1.82, 2.24) is 44.9 Å². The van der Waals surface area contributed by atoms with Crippen molar-refractivity contribution < 1.29 is 13.3 Å². The van der Waals surface area contributed by atoms with Gasteiger partial charge >= 0.3 is 0 Å². The van der Waals surface area contributed by atoms with E-state index in [1.807, 2.05) is 121 Å². The second-order valence-corrected chi connectivity index (χ2v) is 33.0. The Kier molecular flexibility index (Phi) is 20.0. The molecule has 0 fully saturated rings. The molecule has 12 nitrogen and oxygen atoms in total. The first-order chi connectivity index (χ1) is 65.8. The maximum atomic E-state index is 6.12. The summed E-state index contributed by atoms with van der Waals surface area (Å²) < 4.78 is 18.3. The summed E-state index contributed by atoms with van der Waals surface area (Å²) in [5, 5.41) is 15.9. The van der Waals surface area contributed by atoms with Crippen LogP contribution in [0.2, 0.25) is 0 Å². The van der Waals surface area contributed by atoms with Gasteiger partial charge in [0.2, 0.25) is 0 Å². The Labute approximate surface area is 763 Å². The average molecular weight is 1700 g/mol. The first kappa shape index (κ1) is 78.4. The fourth-order valence-electron chi connectivity index (χ4n) is 18.1. The number of furan rings is 3. The molecule has 0 aliphatic rings. The lowest BCUT2D eigenvalue weighted by atomic mass is 9.94. The van der Waals surface area contributed by atoms with Crippen LogP contribution in [0.3, 0.4) is 0 Å². The van der Waals surface area contributed by atoms with E-state index in [2.05, 4.69) is 334 Å². The number of rotatable bonds is 13. The second kappa shape index (κ2) is 33.9. The summed E-state index contributed by atoms with van der Waals surface area (Å²) in [6, 6.07) is 156. The Balaban J connectivity index is 0.000000110. The van der Waals surface area contributed by atoms with Crippen LogP contribution in [0.4, 0.5) is 0 Å². The molecule has 0 spiro atoms. The van der Waals surface area contributed by atoms with E-state index in [-0.39, 0.29) is 0 Å². The first-order valence-corrected chi connectivity index (χ1v) is 44.3. The Morgan fingerprint density at radius 2 is 0.391 bits per heavy atom. The molecule has 0 N–H and O–H groups in total. The molecule has 0 aliphatic heterocycles. The highest BCUT2D eigenvalue weighted by molar-refractivity contribution is 6.13. The topological polar surface area (TPSA) is 155 Å². The van der Waals surface area contributed by atoms with Gasteiger partial charge in [0.05, 0.1) is 0 Å². The number of aromatic nitrogens is 9. The van der Waals surface area contributed by atoms with Crippen molar-refractivity contribution in [2.24, 2.45) is 0 Å². The minimum Gasteiger partial charge on any atom is -0.456 e. The van der Waals surface area contributed by atoms with Crippen LogP contribution in [0.25, 0.3) is 256 Å². The smallest absolute Gasteiger partial charge is 0.164 e. The molecule has 6 heterocycles. The summed E-state index contributed by atoms with van der Waals surface area (Å²) in [5.74, 6) is 5.79. The Morgan fingerprint density at radius 1 is 0.120 bits per heavy atom. The zero-order chi connectivity index (χ0) is 88.1. The molecule has 0 atom stereocenters. The molecule has 133 heavy (non-hydrogen) atoms. The van der Waals surface area contributed by atoms with Crippen molar-refractivity contribution in [3.8, 4) is 147 Å². The summed E-state index contributed by atoms with van der Waals surface area (Å²) in [5.41, 5.74) is 23.0. The van der Waals surface area contributed by atoms with Crippen molar-refractivity contribution in [3.63, 3.8) is 0 Å². The molecule has 12 heteroatoms. The molecule has 6 aromatic heterocycles. The third-order valence-corrected chi connectivity index (χ3v) is 24.8. The van der Waals surface area contributed by atoms with Gasteiger partial charge in [-0.05, 0) is 160 Å². The number of fused-ring (bicyclic) bond motifs is 13. The molecular weight excluding hydrogens is 1630 g/mol. The van der Waals surface area contributed by atoms with Gasteiger partial charge in [-0.15, -0.1) is 0 Å². The maximum Gasteiger partial charge on any atom is 0.164 e. The molecule has 0 saturated carbocycles. The van der Waals surface area contributed by atoms with Crippen LogP contribution in [0.15, 0.2) is 468 Å². The highest BCUT2D eigenvalue weighted by Crippen LogP contribution is 2.43. The minimum absolute atomic E-state index is 0.634. The van der Waals surface area contributed by atoms with Crippen LogP contribution in [-0.2, 0) is 0 Å². The largest absolute Gasteiger partial charge is 0.456 e. The number of para-hydroxylation sites is 3. The van der Waals surface area contributed by atoms with Crippen LogP contribution in [0.1, 0.15) is 0 Å². The van der Waals surface area contributed by atoms with Gasteiger partial charge < -0.3 is 13.3 Å². The SMILES string of the molecule is c1ccc(-c2ccc(-c3nc(-c4ccccc4)nc(-c4ccc(-c5cccc6oc7ccccc7c56)cc4)n3)cc2)cc1.c1ccc(-c2nc(-c3ccc4ccccc4c3)nc(-c3ccc(-c4ccc5oc6ccccc6c5c4)c4ccccc34)n2)cc1.c1ccc2cc(-c3nc(-c4ccc(-c5ccc6oc7ccccc7c6c5)cc4)nc(-c4ccc5ccccc5c4)n3)ccc2c1. The molecule has 0 amide bonds. The average Bonchev–Trinajstić information content (AvgIpc) is 1.58. The number of hydrogen-bond donors (Lipinski definition) is 0. The summed E-state index contributed by atoms with van der Waals surface area (Å²) in [4.78, 5) is 44.9. The van der Waals surface area contributed by atoms with Gasteiger partial charge in [-0.25, -0.2) is 44.9 Å². The fraction of sp³-hybridized carbons (Fsp3) is 0. The van der Waals surface area contributed by atoms with Gasteiger partial charge in [0.25, 0.3) is 0 Å². The third kappa shape index (κ3) is 15.3. The zero-order valence-electron chi connectivity index (χ0n) is 71.6. The van der Waals surface area contributed by atoms with E-state index in [0.29, 0.717) is 52.4 Å². The Hall–Kier alpha value is -18.1. The predicted molar refractivity (Wildman–Crippen MR) is 542 cm³/mol. The number of benzene rings is 20. The Morgan fingerprint density at radius 3 is 0.842 bits per heavy atom. The zero-order valence-corrected chi connectivity index (χ0v) is 71.6. The van der Waals surface area contributed by atoms with Crippen molar-refractivity contribution >= 4 is 109 Å². The quantitative estimate of drug-likeness (QED) is 0.108. The van der Waals surface area contributed by atoms with Gasteiger partial charge in [-0.2, -0.15) is 0 Å². The highest BCUT2D eigenvalue weighted by atomic mass is 16.3. The van der Waals surface area contributed by atoms with Crippen LogP contribution < -0.4 is 0 Å². The standard InChI is InChI=1S/2C41H25N3O.C39H25N3O/c1-3-9-30-23-33(19-15-26(30)7-1)40-42-39(43-41(44-40)34-20-16-27-8-2-4-10-31(27)24-34)29-17-13-28(14-18-29)32-21-22-38-36(25-32)35-11-5-6-12-37(35)45-38;1-2-11-27(12-3-1)39-42-40(30-19-18-26-10-4-5-13-28(26)24-30)44-41(43-39)35-22-21-31(32-14-6-7-15-33(32)35)29-20-23-38-36(25-29)34-16-8-9-17-37(34)45-38;1-3-10-26(11-4-1)27-18-22-30(23-19-27)38-40-37(29-12-5-2-6-13-29)41-39(42-38)31-24-20-28(21-25-31)32-15-9-17-35-36(32)33-14-7-8-16-34(33)43-35/h2*1-25H;1-25H. The van der Waals surface area contributed by atoms with E-state index >= 15 is 0 Å². The molecule has 0 bridgehead atoms. The molecule has 0 unspecified atom stereocenters. The summed E-state index contributed by atoms with van der Waals surface area (Å²) in [6.07, 6.45) is 0. The monoisotopic (exact) mass is 1700 g/mol. The van der Waals surface area contributed by atoms with Crippen LogP contribution in [0, 0.1) is 0 Å². The lowest BCUT2D eigenvalue weighted by Crippen LogP contribution is -2.00. The van der Waals surface area contributed by atoms with Crippen LogP contribution >= 0.6 is 0 Å². The molecule has 0 saturated heterocycles. The van der Waals surface area contributed by atoms with Gasteiger partial charge in [0.1, 0.15) is 33.5 Å². The first-order valence-electron chi connectivity index (χ1n) is 44.3. The van der Waals surface area contributed by atoms with Crippen LogP contribution in [-0.4, -0.2) is 44.9 Å². The summed E-state index contributed by atoms with van der Waals surface area (Å²) >= 11 is 0. The molecular formula is C121H75N9O3. The van der Waals surface area contributed by atoms with Gasteiger partial charge in [0, 0.05) is 82.4 Å². The molecule has 26 aromatic rings. The number of nitrogens with zero attached hydrogens (tertiary/aromatic N) is 9. The summed E-state index contributed by atoms with van der Waals surface area (Å²) in [6.45, 7) is 0. The maximum absolute atomic E-state index is 6.12. The van der Waals surface area contributed by atoms with E-state index in [0.717, 1.165) is 182 Å². The molecule has 20 aromatic carbocycles. The van der Waals surface area contributed by atoms with Crippen LogP contribution in [0.5, 0.6) is 0 Å². The third-order valence-electron chi connectivity index (χ3n) is 24.8. The molecule has 0 aliphatic carbocycles. The highest BCUT2D eigenvalue weighted by Gasteiger charge is 2.22.